The number of H-pyrrole nitrogens is 1. The van der Waals surface area contributed by atoms with E-state index in [4.69, 9.17) is 0 Å². The fourth-order valence-electron chi connectivity index (χ4n) is 5.01. The lowest BCUT2D eigenvalue weighted by Crippen LogP contribution is -2.35. The predicted octanol–water partition coefficient (Wildman–Crippen LogP) is 4.09. The van der Waals surface area contributed by atoms with Crippen LogP contribution >= 0.6 is 0 Å². The highest BCUT2D eigenvalue weighted by molar-refractivity contribution is 6.00. The average Bonchev–Trinajstić information content (AvgIpc) is 3.10. The van der Waals surface area contributed by atoms with Crippen LogP contribution in [-0.4, -0.2) is 40.3 Å². The van der Waals surface area contributed by atoms with Crippen LogP contribution in [0.2, 0.25) is 0 Å². The number of benzene rings is 2. The Kier molecular flexibility index (Phi) is 5.36. The maximum atomic E-state index is 13.0. The molecule has 3 heterocycles. The molecular formula is C26H29N3O2. The smallest absolute Gasteiger partial charge is 0.260 e. The Bertz CT molecular complexity index is 1160. The third kappa shape index (κ3) is 4.02. The van der Waals surface area contributed by atoms with E-state index in [0.717, 1.165) is 49.4 Å². The number of aromatic nitrogens is 1. The molecule has 1 fully saturated rings. The summed E-state index contributed by atoms with van der Waals surface area (Å²) >= 11 is 0. The number of nitrogens with zero attached hydrogens (tertiary/aromatic N) is 2. The maximum absolute atomic E-state index is 13.0. The lowest BCUT2D eigenvalue weighted by molar-refractivity contribution is 0.0756. The molecule has 5 rings (SSSR count). The normalized spacial score (nSPS) is 17.5. The first-order chi connectivity index (χ1) is 15.1. The molecule has 31 heavy (non-hydrogen) atoms. The van der Waals surface area contributed by atoms with Crippen LogP contribution in [0.1, 0.15) is 46.4 Å². The average molecular weight is 416 g/mol. The molecule has 1 N–H and O–H groups in total. The van der Waals surface area contributed by atoms with Gasteiger partial charge in [-0.1, -0.05) is 42.0 Å². The topological polar surface area (TPSA) is 56.4 Å². The Morgan fingerprint density at radius 2 is 1.81 bits per heavy atom. The van der Waals surface area contributed by atoms with Crippen molar-refractivity contribution in [1.82, 2.24) is 14.8 Å². The molecule has 2 aliphatic rings. The van der Waals surface area contributed by atoms with Crippen molar-refractivity contribution in [1.29, 1.82) is 0 Å². The van der Waals surface area contributed by atoms with Gasteiger partial charge in [0.15, 0.2) is 0 Å². The summed E-state index contributed by atoms with van der Waals surface area (Å²) in [5, 5.41) is 0.611. The molecule has 2 aliphatic heterocycles. The largest absolute Gasteiger partial charge is 0.356 e. The van der Waals surface area contributed by atoms with Gasteiger partial charge in [0.2, 0.25) is 5.43 Å². The lowest BCUT2D eigenvalue weighted by atomic mass is 9.93. The van der Waals surface area contributed by atoms with Crippen molar-refractivity contribution in [2.24, 2.45) is 5.92 Å². The van der Waals surface area contributed by atoms with Crippen molar-refractivity contribution >= 4 is 16.8 Å². The van der Waals surface area contributed by atoms with Gasteiger partial charge in [0.1, 0.15) is 5.56 Å². The first-order valence-electron chi connectivity index (χ1n) is 11.3. The summed E-state index contributed by atoms with van der Waals surface area (Å²) in [6.07, 6.45) is 3.35. The molecule has 0 unspecified atom stereocenters. The number of fused-ring (bicyclic) bond motifs is 2. The number of aryl methyl sites for hydroxylation is 1. The Morgan fingerprint density at radius 3 is 2.58 bits per heavy atom. The number of hydrogen-bond donors (Lipinski definition) is 1. The van der Waals surface area contributed by atoms with Crippen molar-refractivity contribution in [3.05, 3.63) is 81.1 Å². The van der Waals surface area contributed by atoms with Gasteiger partial charge < -0.3 is 9.88 Å². The highest BCUT2D eigenvalue weighted by atomic mass is 16.2. The highest BCUT2D eigenvalue weighted by Crippen LogP contribution is 2.26. The first-order valence-corrected chi connectivity index (χ1v) is 11.3. The molecule has 5 nitrogen and oxygen atoms in total. The summed E-state index contributed by atoms with van der Waals surface area (Å²) in [6.45, 7) is 6.43. The summed E-state index contributed by atoms with van der Waals surface area (Å²) in [7, 11) is 0. The van der Waals surface area contributed by atoms with Crippen molar-refractivity contribution in [3.8, 4) is 0 Å². The van der Waals surface area contributed by atoms with E-state index in [1.165, 1.54) is 18.4 Å². The Hall–Kier alpha value is -2.92. The molecule has 160 valence electrons. The Labute approximate surface area is 182 Å². The van der Waals surface area contributed by atoms with Crippen LogP contribution in [0.3, 0.4) is 0 Å². The van der Waals surface area contributed by atoms with Gasteiger partial charge in [-0.05, 0) is 62.9 Å². The molecule has 0 radical (unpaired) electrons. The quantitative estimate of drug-likeness (QED) is 0.683. The van der Waals surface area contributed by atoms with E-state index in [2.05, 4.69) is 40.2 Å². The van der Waals surface area contributed by atoms with Gasteiger partial charge in [-0.15, -0.1) is 0 Å². The van der Waals surface area contributed by atoms with Crippen molar-refractivity contribution in [3.63, 3.8) is 0 Å². The van der Waals surface area contributed by atoms with Gasteiger partial charge in [0, 0.05) is 24.0 Å². The van der Waals surface area contributed by atoms with E-state index in [-0.39, 0.29) is 11.3 Å². The van der Waals surface area contributed by atoms with Gasteiger partial charge in [-0.25, -0.2) is 0 Å². The number of nitrogens with one attached hydrogen (secondary N) is 1. The fraction of sp³-hybridized carbons (Fsp3) is 0.385. The summed E-state index contributed by atoms with van der Waals surface area (Å²) in [6, 6.07) is 16.4. The number of carbonyl (C=O) groups excluding carboxylic acids is 1. The van der Waals surface area contributed by atoms with Gasteiger partial charge >= 0.3 is 0 Å². The van der Waals surface area contributed by atoms with E-state index < -0.39 is 0 Å². The zero-order chi connectivity index (χ0) is 21.4. The van der Waals surface area contributed by atoms with E-state index in [9.17, 15) is 9.59 Å². The molecule has 5 heteroatoms. The molecular weight excluding hydrogens is 386 g/mol. The molecule has 0 aliphatic carbocycles. The monoisotopic (exact) mass is 415 g/mol. The standard InChI is InChI=1S/C26H29N3O2/c1-18-7-8-22-21(15-18)25(30)24-23(27-22)17-29(26(24)31)14-11-19-9-12-28(13-10-19)16-20-5-3-2-4-6-20/h2-8,15,19H,9-14,16-17H2,1H3,(H,27,30). The van der Waals surface area contributed by atoms with Crippen LogP contribution in [0.5, 0.6) is 0 Å². The minimum absolute atomic E-state index is 0.110. The van der Waals surface area contributed by atoms with Crippen LogP contribution in [-0.2, 0) is 13.1 Å². The predicted molar refractivity (Wildman–Crippen MR) is 123 cm³/mol. The number of hydrogen-bond acceptors (Lipinski definition) is 3. The molecule has 0 saturated carbocycles. The Morgan fingerprint density at radius 1 is 1.03 bits per heavy atom. The number of amides is 1. The second-order valence-corrected chi connectivity index (χ2v) is 9.08. The van der Waals surface area contributed by atoms with E-state index in [0.29, 0.717) is 23.4 Å². The molecule has 2 aromatic carbocycles. The Balaban J connectivity index is 1.19. The van der Waals surface area contributed by atoms with Crippen LogP contribution in [0.4, 0.5) is 0 Å². The minimum Gasteiger partial charge on any atom is -0.356 e. The highest BCUT2D eigenvalue weighted by Gasteiger charge is 2.32. The number of pyridine rings is 1. The molecule has 1 saturated heterocycles. The summed E-state index contributed by atoms with van der Waals surface area (Å²) in [4.78, 5) is 33.6. The van der Waals surface area contributed by atoms with Crippen LogP contribution < -0.4 is 5.43 Å². The first kappa shape index (κ1) is 20.0. The zero-order valence-corrected chi connectivity index (χ0v) is 18.1. The van der Waals surface area contributed by atoms with E-state index in [1.54, 1.807) is 0 Å². The van der Waals surface area contributed by atoms with E-state index in [1.807, 2.05) is 30.0 Å². The molecule has 1 aromatic heterocycles. The van der Waals surface area contributed by atoms with Gasteiger partial charge in [0.25, 0.3) is 5.91 Å². The third-order valence-electron chi connectivity index (χ3n) is 6.85. The SMILES string of the molecule is Cc1ccc2[nH]c3c(c(=O)c2c1)C(=O)N(CCC1CCN(Cc2ccccc2)CC1)C3. The molecule has 0 spiro atoms. The van der Waals surface area contributed by atoms with Crippen LogP contribution in [0, 0.1) is 12.8 Å². The molecule has 0 bridgehead atoms. The summed E-state index contributed by atoms with van der Waals surface area (Å²) in [5.74, 6) is 0.530. The second-order valence-electron chi connectivity index (χ2n) is 9.08. The zero-order valence-electron chi connectivity index (χ0n) is 18.1. The van der Waals surface area contributed by atoms with Crippen molar-refractivity contribution in [2.75, 3.05) is 19.6 Å². The number of carbonyl (C=O) groups is 1. The molecule has 0 atom stereocenters. The van der Waals surface area contributed by atoms with Gasteiger partial charge in [-0.2, -0.15) is 0 Å². The van der Waals surface area contributed by atoms with Gasteiger partial charge in [0.05, 0.1) is 12.2 Å². The van der Waals surface area contributed by atoms with E-state index >= 15 is 0 Å². The summed E-state index contributed by atoms with van der Waals surface area (Å²) in [5.41, 5.74) is 4.19. The van der Waals surface area contributed by atoms with Crippen molar-refractivity contribution < 1.29 is 4.79 Å². The maximum Gasteiger partial charge on any atom is 0.260 e. The minimum atomic E-state index is -0.130. The van der Waals surface area contributed by atoms with Crippen LogP contribution in [0.15, 0.2) is 53.3 Å². The molecule has 1 amide bonds. The van der Waals surface area contributed by atoms with Gasteiger partial charge in [-0.3, -0.25) is 14.5 Å². The fourth-order valence-corrected chi connectivity index (χ4v) is 5.01. The van der Waals surface area contributed by atoms with Crippen molar-refractivity contribution in [2.45, 2.75) is 39.3 Å². The summed E-state index contributed by atoms with van der Waals surface area (Å²) < 4.78 is 0. The number of likely N-dealkylation sites (tertiary alicyclic amines) is 1. The third-order valence-corrected chi connectivity index (χ3v) is 6.85. The lowest BCUT2D eigenvalue weighted by Gasteiger charge is -2.32. The number of aromatic amines is 1. The molecule has 3 aromatic rings. The number of rotatable bonds is 5. The van der Waals surface area contributed by atoms with Crippen LogP contribution in [0.25, 0.3) is 10.9 Å². The number of piperidine rings is 1. The second kappa shape index (κ2) is 8.31.